The average molecular weight is 1030 g/mol. The quantitative estimate of drug-likeness (QED) is 0.0925. The van der Waals surface area contributed by atoms with Crippen molar-refractivity contribution < 1.29 is 42.5 Å². The van der Waals surface area contributed by atoms with Crippen LogP contribution in [-0.4, -0.2) is 110 Å². The number of aromatic amines is 2. The lowest BCUT2D eigenvalue weighted by Gasteiger charge is -2.40. The molecule has 0 spiro atoms. The molecule has 0 bridgehead atoms. The predicted molar refractivity (Wildman–Crippen MR) is 270 cm³/mol. The first kappa shape index (κ1) is 48.4. The summed E-state index contributed by atoms with van der Waals surface area (Å²) >= 11 is 1.65. The summed E-state index contributed by atoms with van der Waals surface area (Å²) in [5, 5.41) is 6.69. The van der Waals surface area contributed by atoms with Crippen molar-refractivity contribution in [2.24, 2.45) is 17.8 Å². The maximum Gasteiger partial charge on any atom is 0.407 e. The van der Waals surface area contributed by atoms with Gasteiger partial charge in [0.15, 0.2) is 0 Å². The third kappa shape index (κ3) is 8.74. The van der Waals surface area contributed by atoms with E-state index in [4.69, 9.17) is 33.9 Å². The van der Waals surface area contributed by atoms with Gasteiger partial charge in [-0.2, -0.15) is 0 Å². The maximum absolute atomic E-state index is 17.1. The zero-order valence-electron chi connectivity index (χ0n) is 42.4. The average Bonchev–Trinajstić information content (AvgIpc) is 3.86. The zero-order valence-corrected chi connectivity index (χ0v) is 43.2. The summed E-state index contributed by atoms with van der Waals surface area (Å²) in [7, 11) is 2.59. The Morgan fingerprint density at radius 3 is 2.26 bits per heavy atom. The van der Waals surface area contributed by atoms with Crippen molar-refractivity contribution in [1.29, 1.82) is 0 Å². The molecule has 3 saturated heterocycles. The number of carbonyl (C=O) groups excluding carboxylic acids is 4. The minimum Gasteiger partial charge on any atom is -0.465 e. The van der Waals surface area contributed by atoms with Crippen LogP contribution in [0.4, 0.5) is 19.7 Å². The number of carbonyl (C=O) groups is 4. The number of ether oxygens (including phenoxy) is 4. The molecule has 12 rings (SSSR count). The molecule has 18 nitrogen and oxygen atoms in total. The van der Waals surface area contributed by atoms with Crippen molar-refractivity contribution in [2.45, 2.75) is 146 Å². The second-order valence-electron chi connectivity index (χ2n) is 21.8. The van der Waals surface area contributed by atoms with E-state index in [2.05, 4.69) is 43.7 Å². The number of benzene rings is 2. The Balaban J connectivity index is 0.820. The van der Waals surface area contributed by atoms with Crippen LogP contribution in [0.15, 0.2) is 48.9 Å². The van der Waals surface area contributed by atoms with Crippen LogP contribution < -0.4 is 20.3 Å². The predicted octanol–water partition coefficient (Wildman–Crippen LogP) is 8.77. The molecule has 11 atom stereocenters. The Kier molecular flexibility index (Phi) is 12.4. The van der Waals surface area contributed by atoms with E-state index in [1.807, 2.05) is 51.1 Å². The van der Waals surface area contributed by atoms with Gasteiger partial charge in [-0.3, -0.25) is 9.59 Å². The largest absolute Gasteiger partial charge is 0.465 e. The van der Waals surface area contributed by atoms with Crippen LogP contribution in [0.2, 0.25) is 0 Å². The van der Waals surface area contributed by atoms with Crippen LogP contribution in [0.25, 0.3) is 22.5 Å². The molecular weight excluding hydrogens is 968 g/mol. The smallest absolute Gasteiger partial charge is 0.407 e. The van der Waals surface area contributed by atoms with Crippen molar-refractivity contribution in [3.05, 3.63) is 87.4 Å². The minimum atomic E-state index is -0.770. The normalized spacial score (nSPS) is 27.4. The molecule has 7 aliphatic rings. The van der Waals surface area contributed by atoms with Crippen LogP contribution in [0, 0.1) is 23.6 Å². The van der Waals surface area contributed by atoms with Crippen LogP contribution in [0.3, 0.4) is 0 Å². The first-order chi connectivity index (χ1) is 35.7. The van der Waals surface area contributed by atoms with Gasteiger partial charge in [0.1, 0.15) is 35.3 Å². The highest BCUT2D eigenvalue weighted by molar-refractivity contribution is 7.11. The molecule has 2 aliphatic carbocycles. The number of methoxy groups -OCH3 is 2. The third-order valence-electron chi connectivity index (χ3n) is 16.4. The number of nitrogens with one attached hydrogen (secondary N) is 4. The standard InChI is InChI=1S/C54H63FN10O8S/c1-25(2)45(61-53(68)70-5)50(66)63-13-7-8-38(63)47-56-23-36(60-47)30-17-34(55)44-40-19-31-16-29(11-12-37(31)65(40)52(73-42(44)21-30)43-24-58-49(74-43)28-9-10-28)35-22-57-48(59-35)41-20-32-18-39(32)64(41)51(67)46(62-54(69)71-6)33-14-26(3)72-27(4)15-33/h11-12,16-17,21-28,32-33,38-41,45-46,52H,7-10,13-15,18-20H2,1-6H3,(H,56,60)(H,57,59)(H,61,68)(H,62,69)/t26-,27+,32-,33?,38?,39-,40?,41+,45+,46?,52?/m1/s1. The van der Waals surface area contributed by atoms with E-state index in [1.165, 1.54) is 20.3 Å². The highest BCUT2D eigenvalue weighted by atomic mass is 32.1. The Labute approximate surface area is 432 Å². The SMILES string of the molecule is COC(=O)NC(C(=O)N1[C@@H]2C[C@@H]2C[C@H]1c1ncc(-c2ccc3c(c2)CC2c4c(F)cc(-c5cnc(C6CCCN6C(=O)[C@@H](NC(=O)OC)C(C)C)[nH]5)cc4OC(c4cnc(C5CC5)s4)N32)[nH]1)C1C[C@@H](C)O[C@@H](C)C1. The molecule has 20 heteroatoms. The number of fused-ring (bicyclic) bond motifs is 6. The second kappa shape index (κ2) is 19.0. The molecule has 74 heavy (non-hydrogen) atoms. The Morgan fingerprint density at radius 1 is 0.824 bits per heavy atom. The molecule has 5 aromatic rings. The lowest BCUT2D eigenvalue weighted by Crippen LogP contribution is -2.55. The van der Waals surface area contributed by atoms with Gasteiger partial charge in [-0.1, -0.05) is 19.9 Å². The van der Waals surface area contributed by atoms with Crippen molar-refractivity contribution in [2.75, 3.05) is 25.7 Å². The lowest BCUT2D eigenvalue weighted by atomic mass is 9.85. The highest BCUT2D eigenvalue weighted by Gasteiger charge is 2.57. The van der Waals surface area contributed by atoms with Crippen LogP contribution in [-0.2, 0) is 30.2 Å². The molecule has 5 unspecified atom stereocenters. The number of imidazole rings is 2. The van der Waals surface area contributed by atoms with Gasteiger partial charge in [-0.05, 0) is 125 Å². The van der Waals surface area contributed by atoms with E-state index in [1.54, 1.807) is 22.4 Å². The number of piperidine rings is 1. The monoisotopic (exact) mass is 1030 g/mol. The molecule has 4 N–H and O–H groups in total. The number of aromatic nitrogens is 5. The van der Waals surface area contributed by atoms with Crippen LogP contribution in [0.5, 0.6) is 5.75 Å². The summed E-state index contributed by atoms with van der Waals surface area (Å²) in [5.41, 5.74) is 5.32. The summed E-state index contributed by atoms with van der Waals surface area (Å²) in [4.78, 5) is 81.7. The van der Waals surface area contributed by atoms with E-state index >= 15 is 4.39 Å². The number of likely N-dealkylation sites (tertiary alicyclic amines) is 2. The second-order valence-corrected chi connectivity index (χ2v) is 22.9. The summed E-state index contributed by atoms with van der Waals surface area (Å²) in [5.74, 6) is 1.54. The third-order valence-corrected chi connectivity index (χ3v) is 17.6. The number of hydrogen-bond acceptors (Lipinski definition) is 13. The molecule has 3 aromatic heterocycles. The van der Waals surface area contributed by atoms with Crippen molar-refractivity contribution in [1.82, 2.24) is 45.4 Å². The first-order valence-electron chi connectivity index (χ1n) is 26.2. The van der Waals surface area contributed by atoms with Crippen molar-refractivity contribution in [3.8, 4) is 28.3 Å². The number of hydrogen-bond donors (Lipinski definition) is 4. The number of alkyl carbamates (subject to hydrolysis) is 2. The van der Waals surface area contributed by atoms with E-state index in [-0.39, 0.29) is 60.0 Å². The summed E-state index contributed by atoms with van der Waals surface area (Å²) in [6, 6.07) is 7.24. The van der Waals surface area contributed by atoms with Gasteiger partial charge in [-0.15, -0.1) is 11.3 Å². The lowest BCUT2D eigenvalue weighted by molar-refractivity contribution is -0.140. The number of anilines is 1. The first-order valence-corrected chi connectivity index (χ1v) is 27.0. The van der Waals surface area contributed by atoms with Crippen molar-refractivity contribution >= 4 is 41.0 Å². The minimum absolute atomic E-state index is 0.0446. The molecule has 2 saturated carbocycles. The Morgan fingerprint density at radius 2 is 1.54 bits per heavy atom. The van der Waals surface area contributed by atoms with Crippen LogP contribution in [0.1, 0.15) is 142 Å². The molecule has 8 heterocycles. The number of H-pyrrole nitrogens is 2. The maximum atomic E-state index is 17.1. The number of halogens is 1. The van der Waals surface area contributed by atoms with Gasteiger partial charge >= 0.3 is 12.2 Å². The summed E-state index contributed by atoms with van der Waals surface area (Å²) < 4.78 is 39.8. The van der Waals surface area contributed by atoms with E-state index in [0.717, 1.165) is 64.5 Å². The van der Waals surface area contributed by atoms with Gasteiger partial charge in [0.05, 0.1) is 83.8 Å². The van der Waals surface area contributed by atoms with Gasteiger partial charge in [-0.25, -0.2) is 28.9 Å². The summed E-state index contributed by atoms with van der Waals surface area (Å²) in [6.07, 6.45) is 10.6. The molecule has 2 aromatic carbocycles. The highest BCUT2D eigenvalue weighted by Crippen LogP contribution is 2.56. The number of thiazole rings is 1. The Hall–Kier alpha value is -6.54. The van der Waals surface area contributed by atoms with Crippen molar-refractivity contribution in [3.63, 3.8) is 0 Å². The zero-order chi connectivity index (χ0) is 51.3. The van der Waals surface area contributed by atoms with Gasteiger partial charge in [0.25, 0.3) is 0 Å². The fourth-order valence-corrected chi connectivity index (χ4v) is 13.7. The molecule has 390 valence electrons. The van der Waals surface area contributed by atoms with Gasteiger partial charge < -0.3 is 54.2 Å². The molecule has 4 amide bonds. The number of amides is 4. The molecule has 5 aliphatic heterocycles. The molecular formula is C54H63FN10O8S. The van der Waals surface area contributed by atoms with Gasteiger partial charge in [0.2, 0.25) is 18.0 Å². The fourth-order valence-electron chi connectivity index (χ4n) is 12.6. The number of nitrogens with zero attached hydrogens (tertiary/aromatic N) is 6. The van der Waals surface area contributed by atoms with E-state index < -0.39 is 36.3 Å². The Bertz CT molecular complexity index is 3000. The van der Waals surface area contributed by atoms with Gasteiger partial charge in [0, 0.05) is 36.0 Å². The molecule has 5 fully saturated rings. The fraction of sp³-hybridized carbons (Fsp3) is 0.537. The number of rotatable bonds is 12. The van der Waals surface area contributed by atoms with Crippen LogP contribution >= 0.6 is 11.3 Å². The van der Waals surface area contributed by atoms with E-state index in [9.17, 15) is 19.2 Å². The topological polar surface area (TPSA) is 209 Å². The molecule has 0 radical (unpaired) electrons. The van der Waals surface area contributed by atoms with E-state index in [0.29, 0.717) is 78.3 Å². The summed E-state index contributed by atoms with van der Waals surface area (Å²) in [6.45, 7) is 8.28.